The van der Waals surface area contributed by atoms with E-state index in [2.05, 4.69) is 24.1 Å². The van der Waals surface area contributed by atoms with Crippen LogP contribution in [0.5, 0.6) is 5.75 Å². The molecule has 0 aliphatic heterocycles. The van der Waals surface area contributed by atoms with E-state index in [1.54, 1.807) is 12.1 Å². The van der Waals surface area contributed by atoms with Crippen LogP contribution in [0.4, 0.5) is 0 Å². The van der Waals surface area contributed by atoms with Crippen molar-refractivity contribution in [1.82, 2.24) is 10.3 Å². The van der Waals surface area contributed by atoms with Crippen LogP contribution in [-0.4, -0.2) is 17.5 Å². The number of ether oxygens (including phenoxy) is 1. The Morgan fingerprint density at radius 3 is 2.60 bits per heavy atom. The van der Waals surface area contributed by atoms with Crippen LogP contribution in [0.1, 0.15) is 29.8 Å². The van der Waals surface area contributed by atoms with E-state index in [1.165, 1.54) is 0 Å². The summed E-state index contributed by atoms with van der Waals surface area (Å²) in [7, 11) is 0. The van der Waals surface area contributed by atoms with E-state index in [4.69, 9.17) is 4.74 Å². The van der Waals surface area contributed by atoms with Gasteiger partial charge >= 0.3 is 0 Å². The van der Waals surface area contributed by atoms with Gasteiger partial charge in [0.25, 0.3) is 5.91 Å². The number of nitrogens with one attached hydrogen (secondary N) is 2. The van der Waals surface area contributed by atoms with Crippen molar-refractivity contribution in [1.29, 1.82) is 0 Å². The molecule has 0 spiro atoms. The molecule has 1 amide bonds. The Hall–Kier alpha value is -2.23. The van der Waals surface area contributed by atoms with Gasteiger partial charge in [0.05, 0.1) is 6.61 Å². The molecular weight excluding hydrogens is 252 g/mol. The summed E-state index contributed by atoms with van der Waals surface area (Å²) in [4.78, 5) is 14.9. The number of benzene rings is 1. The maximum atomic E-state index is 12.0. The molecule has 20 heavy (non-hydrogen) atoms. The maximum absolute atomic E-state index is 12.0. The molecule has 0 aliphatic carbocycles. The van der Waals surface area contributed by atoms with Crippen molar-refractivity contribution in [2.45, 2.75) is 20.4 Å². The summed E-state index contributed by atoms with van der Waals surface area (Å²) in [6.45, 7) is 5.40. The fraction of sp³-hybridized carbons (Fsp3) is 0.312. The Labute approximate surface area is 119 Å². The van der Waals surface area contributed by atoms with Gasteiger partial charge in [-0.1, -0.05) is 13.8 Å². The molecule has 0 aliphatic rings. The van der Waals surface area contributed by atoms with Gasteiger partial charge in [0.15, 0.2) is 0 Å². The van der Waals surface area contributed by atoms with Gasteiger partial charge in [-0.2, -0.15) is 0 Å². The van der Waals surface area contributed by atoms with Gasteiger partial charge in [0, 0.05) is 24.5 Å². The SMILES string of the molecule is CC(C)COc1ccc(C(=O)NCc2cc[nH]c2)cc1. The van der Waals surface area contributed by atoms with Crippen LogP contribution >= 0.6 is 0 Å². The summed E-state index contributed by atoms with van der Waals surface area (Å²) >= 11 is 0. The minimum Gasteiger partial charge on any atom is -0.493 e. The molecule has 1 heterocycles. The zero-order valence-corrected chi connectivity index (χ0v) is 11.8. The topological polar surface area (TPSA) is 54.1 Å². The van der Waals surface area contributed by atoms with Gasteiger partial charge in [0.2, 0.25) is 0 Å². The molecular formula is C16H20N2O2. The zero-order valence-electron chi connectivity index (χ0n) is 11.8. The molecule has 0 saturated heterocycles. The van der Waals surface area contributed by atoms with E-state index in [9.17, 15) is 4.79 Å². The van der Waals surface area contributed by atoms with Crippen molar-refractivity contribution in [3.63, 3.8) is 0 Å². The molecule has 0 fully saturated rings. The second-order valence-electron chi connectivity index (χ2n) is 5.13. The highest BCUT2D eigenvalue weighted by atomic mass is 16.5. The van der Waals surface area contributed by atoms with Crippen LogP contribution in [0.15, 0.2) is 42.7 Å². The van der Waals surface area contributed by atoms with Gasteiger partial charge in [-0.25, -0.2) is 0 Å². The predicted molar refractivity (Wildman–Crippen MR) is 78.7 cm³/mol. The number of hydrogen-bond acceptors (Lipinski definition) is 2. The van der Waals surface area contributed by atoms with Gasteiger partial charge in [0.1, 0.15) is 5.75 Å². The Morgan fingerprint density at radius 2 is 2.00 bits per heavy atom. The highest BCUT2D eigenvalue weighted by Crippen LogP contribution is 2.13. The van der Waals surface area contributed by atoms with Crippen molar-refractivity contribution in [2.24, 2.45) is 5.92 Å². The Balaban J connectivity index is 1.87. The summed E-state index contributed by atoms with van der Waals surface area (Å²) in [5, 5.41) is 2.87. The highest BCUT2D eigenvalue weighted by Gasteiger charge is 2.06. The third-order valence-electron chi connectivity index (χ3n) is 2.82. The van der Waals surface area contributed by atoms with E-state index < -0.39 is 0 Å². The third-order valence-corrected chi connectivity index (χ3v) is 2.82. The molecule has 106 valence electrons. The molecule has 0 unspecified atom stereocenters. The fourth-order valence-corrected chi connectivity index (χ4v) is 1.72. The number of aromatic nitrogens is 1. The van der Waals surface area contributed by atoms with Crippen LogP contribution in [0.25, 0.3) is 0 Å². The Bertz CT molecular complexity index is 530. The smallest absolute Gasteiger partial charge is 0.251 e. The first-order valence-corrected chi connectivity index (χ1v) is 6.78. The van der Waals surface area contributed by atoms with Crippen LogP contribution < -0.4 is 10.1 Å². The van der Waals surface area contributed by atoms with E-state index in [0.717, 1.165) is 11.3 Å². The van der Waals surface area contributed by atoms with Crippen LogP contribution in [0.2, 0.25) is 0 Å². The van der Waals surface area contributed by atoms with Crippen molar-refractivity contribution in [3.8, 4) is 5.75 Å². The van der Waals surface area contributed by atoms with Crippen LogP contribution in [-0.2, 0) is 6.54 Å². The lowest BCUT2D eigenvalue weighted by Crippen LogP contribution is -2.22. The Morgan fingerprint density at radius 1 is 1.25 bits per heavy atom. The van der Waals surface area contributed by atoms with Crippen LogP contribution in [0.3, 0.4) is 0 Å². The number of carbonyl (C=O) groups excluding carboxylic acids is 1. The first kappa shape index (κ1) is 14.2. The van der Waals surface area contributed by atoms with Crippen molar-refractivity contribution in [3.05, 3.63) is 53.9 Å². The minimum absolute atomic E-state index is 0.0818. The van der Waals surface area contributed by atoms with Gasteiger partial charge < -0.3 is 15.0 Å². The molecule has 1 aromatic carbocycles. The molecule has 2 rings (SSSR count). The summed E-state index contributed by atoms with van der Waals surface area (Å²) in [5.74, 6) is 1.20. The van der Waals surface area contributed by atoms with Gasteiger partial charge in [-0.05, 0) is 41.8 Å². The van der Waals surface area contributed by atoms with E-state index in [0.29, 0.717) is 24.6 Å². The molecule has 1 aromatic heterocycles. The number of carbonyl (C=O) groups is 1. The largest absolute Gasteiger partial charge is 0.493 e. The summed E-state index contributed by atoms with van der Waals surface area (Å²) < 4.78 is 5.59. The number of aromatic amines is 1. The van der Waals surface area contributed by atoms with Gasteiger partial charge in [-0.15, -0.1) is 0 Å². The maximum Gasteiger partial charge on any atom is 0.251 e. The molecule has 4 heteroatoms. The third kappa shape index (κ3) is 4.16. The number of amides is 1. The van der Waals surface area contributed by atoms with Crippen LogP contribution in [0, 0.1) is 5.92 Å². The molecule has 2 N–H and O–H groups in total. The molecule has 0 radical (unpaired) electrons. The first-order valence-electron chi connectivity index (χ1n) is 6.78. The average Bonchev–Trinajstić information content (AvgIpc) is 2.96. The number of hydrogen-bond donors (Lipinski definition) is 2. The van der Waals surface area contributed by atoms with E-state index >= 15 is 0 Å². The molecule has 2 aromatic rings. The standard InChI is InChI=1S/C16H20N2O2/c1-12(2)11-20-15-5-3-14(4-6-15)16(19)18-10-13-7-8-17-9-13/h3-9,12,17H,10-11H2,1-2H3,(H,18,19). The second kappa shape index (κ2) is 6.80. The normalized spacial score (nSPS) is 10.6. The average molecular weight is 272 g/mol. The highest BCUT2D eigenvalue weighted by molar-refractivity contribution is 5.94. The summed E-state index contributed by atoms with van der Waals surface area (Å²) in [6.07, 6.45) is 3.70. The quantitative estimate of drug-likeness (QED) is 0.849. The molecule has 0 bridgehead atoms. The van der Waals surface area contributed by atoms with Crippen molar-refractivity contribution in [2.75, 3.05) is 6.61 Å². The monoisotopic (exact) mass is 272 g/mol. The predicted octanol–water partition coefficient (Wildman–Crippen LogP) is 2.98. The fourth-order valence-electron chi connectivity index (χ4n) is 1.72. The lowest BCUT2D eigenvalue weighted by molar-refractivity contribution is 0.0951. The van der Waals surface area contributed by atoms with Crippen molar-refractivity contribution < 1.29 is 9.53 Å². The molecule has 0 saturated carbocycles. The second-order valence-corrected chi connectivity index (χ2v) is 5.13. The first-order chi connectivity index (χ1) is 9.65. The number of H-pyrrole nitrogens is 1. The minimum atomic E-state index is -0.0818. The molecule has 4 nitrogen and oxygen atoms in total. The van der Waals surface area contributed by atoms with E-state index in [-0.39, 0.29) is 5.91 Å². The lowest BCUT2D eigenvalue weighted by atomic mass is 10.2. The van der Waals surface area contributed by atoms with E-state index in [1.807, 2.05) is 30.6 Å². The van der Waals surface area contributed by atoms with Gasteiger partial charge in [-0.3, -0.25) is 4.79 Å². The Kier molecular flexibility index (Phi) is 4.82. The lowest BCUT2D eigenvalue weighted by Gasteiger charge is -2.09. The zero-order chi connectivity index (χ0) is 14.4. The summed E-state index contributed by atoms with van der Waals surface area (Å²) in [6, 6.07) is 9.15. The molecule has 0 atom stereocenters. The summed E-state index contributed by atoms with van der Waals surface area (Å²) in [5.41, 5.74) is 1.69. The van der Waals surface area contributed by atoms with Crippen molar-refractivity contribution >= 4 is 5.91 Å². The number of rotatable bonds is 6.